The van der Waals surface area contributed by atoms with E-state index in [1.807, 2.05) is 0 Å². The van der Waals surface area contributed by atoms with E-state index < -0.39 is 30.2 Å². The topological polar surface area (TPSA) is 59.1 Å². The molecule has 0 aromatic carbocycles. The van der Waals surface area contributed by atoms with Gasteiger partial charge < -0.3 is 10.8 Å². The summed E-state index contributed by atoms with van der Waals surface area (Å²) in [6.07, 6.45) is -2.07. The molecule has 0 aliphatic carbocycles. The number of anilines is 1. The Bertz CT molecular complexity index is 317. The van der Waals surface area contributed by atoms with Gasteiger partial charge in [-0.3, -0.25) is 4.98 Å². The van der Waals surface area contributed by atoms with Gasteiger partial charge in [0.15, 0.2) is 5.82 Å². The molecule has 0 atom stereocenters. The number of aliphatic hydroxyl groups is 1. The van der Waals surface area contributed by atoms with Gasteiger partial charge in [0.2, 0.25) is 0 Å². The highest BCUT2D eigenvalue weighted by Gasteiger charge is 2.18. The number of nitrogen functional groups attached to an aromatic ring is 1. The van der Waals surface area contributed by atoms with E-state index in [0.29, 0.717) is 0 Å². The Kier molecular flexibility index (Phi) is 2.72. The monoisotopic (exact) mass is 192 g/mol. The van der Waals surface area contributed by atoms with Crippen molar-refractivity contribution >= 4 is 5.69 Å². The van der Waals surface area contributed by atoms with Crippen LogP contribution in [-0.2, 0) is 6.61 Å². The molecule has 0 radical (unpaired) electrons. The van der Waals surface area contributed by atoms with Gasteiger partial charge in [0.25, 0.3) is 6.43 Å². The minimum atomic E-state index is -3.00. The lowest BCUT2D eigenvalue weighted by molar-refractivity contribution is 0.140. The number of hydrogen-bond acceptors (Lipinski definition) is 3. The summed E-state index contributed by atoms with van der Waals surface area (Å²) in [5.74, 6) is -1.26. The lowest BCUT2D eigenvalue weighted by Crippen LogP contribution is -2.05. The number of nitrogens with zero attached hydrogens (tertiary/aromatic N) is 1. The summed E-state index contributed by atoms with van der Waals surface area (Å²) < 4.78 is 37.0. The number of hydrogen-bond donors (Lipinski definition) is 2. The summed E-state index contributed by atoms with van der Waals surface area (Å²) in [6.45, 7) is -0.529. The lowest BCUT2D eigenvalue weighted by atomic mass is 10.2. The molecule has 0 unspecified atom stereocenters. The lowest BCUT2D eigenvalue weighted by Gasteiger charge is -2.06. The van der Waals surface area contributed by atoms with E-state index in [1.165, 1.54) is 0 Å². The molecular formula is C7H7F3N2O. The Morgan fingerprint density at radius 3 is 2.62 bits per heavy atom. The van der Waals surface area contributed by atoms with E-state index in [9.17, 15) is 13.2 Å². The third-order valence-corrected chi connectivity index (χ3v) is 1.54. The largest absolute Gasteiger partial charge is 0.396 e. The SMILES string of the molecule is Nc1c(CO)cnc(C(F)F)c1F. The van der Waals surface area contributed by atoms with Crippen molar-refractivity contribution in [3.05, 3.63) is 23.3 Å². The van der Waals surface area contributed by atoms with Gasteiger partial charge in [0, 0.05) is 11.8 Å². The Labute approximate surface area is 72.0 Å². The third kappa shape index (κ3) is 1.72. The molecule has 0 bridgehead atoms. The van der Waals surface area contributed by atoms with Crippen molar-refractivity contribution in [2.45, 2.75) is 13.0 Å². The maximum atomic E-state index is 12.9. The van der Waals surface area contributed by atoms with E-state index in [-0.39, 0.29) is 5.56 Å². The molecule has 0 spiro atoms. The first-order valence-corrected chi connectivity index (χ1v) is 3.39. The molecule has 0 fully saturated rings. The van der Waals surface area contributed by atoms with Crippen LogP contribution in [0, 0.1) is 5.82 Å². The summed E-state index contributed by atoms with van der Waals surface area (Å²) in [6, 6.07) is 0. The number of aromatic nitrogens is 1. The number of pyridine rings is 1. The van der Waals surface area contributed by atoms with Gasteiger partial charge >= 0.3 is 0 Å². The van der Waals surface area contributed by atoms with Crippen LogP contribution in [0.1, 0.15) is 17.7 Å². The molecule has 0 amide bonds. The minimum Gasteiger partial charge on any atom is -0.396 e. The first kappa shape index (κ1) is 9.79. The van der Waals surface area contributed by atoms with Gasteiger partial charge in [-0.2, -0.15) is 0 Å². The highest BCUT2D eigenvalue weighted by Crippen LogP contribution is 2.25. The first-order chi connectivity index (χ1) is 6.07. The summed E-state index contributed by atoms with van der Waals surface area (Å²) in [5.41, 5.74) is 3.66. The summed E-state index contributed by atoms with van der Waals surface area (Å²) >= 11 is 0. The van der Waals surface area contributed by atoms with Crippen molar-refractivity contribution in [3.63, 3.8) is 0 Å². The maximum Gasteiger partial charge on any atom is 0.283 e. The normalized spacial score (nSPS) is 10.8. The van der Waals surface area contributed by atoms with E-state index in [0.717, 1.165) is 6.20 Å². The molecule has 3 nitrogen and oxygen atoms in total. The average molecular weight is 192 g/mol. The van der Waals surface area contributed by atoms with Gasteiger partial charge in [-0.1, -0.05) is 0 Å². The van der Waals surface area contributed by atoms with Crippen LogP contribution in [0.15, 0.2) is 6.20 Å². The van der Waals surface area contributed by atoms with Crippen LogP contribution in [0.5, 0.6) is 0 Å². The van der Waals surface area contributed by atoms with Gasteiger partial charge in [-0.15, -0.1) is 0 Å². The summed E-state index contributed by atoms with van der Waals surface area (Å²) in [7, 11) is 0. The van der Waals surface area contributed by atoms with Crippen LogP contribution >= 0.6 is 0 Å². The highest BCUT2D eigenvalue weighted by molar-refractivity contribution is 5.47. The van der Waals surface area contributed by atoms with Gasteiger partial charge in [-0.05, 0) is 0 Å². The second-order valence-electron chi connectivity index (χ2n) is 2.36. The van der Waals surface area contributed by atoms with Gasteiger partial charge in [0.05, 0.1) is 12.3 Å². The fraction of sp³-hybridized carbons (Fsp3) is 0.286. The fourth-order valence-corrected chi connectivity index (χ4v) is 0.831. The van der Waals surface area contributed by atoms with E-state index in [1.54, 1.807) is 0 Å². The second kappa shape index (κ2) is 3.61. The van der Waals surface area contributed by atoms with Crippen molar-refractivity contribution in [1.82, 2.24) is 4.98 Å². The van der Waals surface area contributed by atoms with E-state index in [2.05, 4.69) is 4.98 Å². The van der Waals surface area contributed by atoms with Crippen LogP contribution in [0.2, 0.25) is 0 Å². The molecule has 0 aliphatic heterocycles. The Morgan fingerprint density at radius 1 is 1.54 bits per heavy atom. The number of aliphatic hydroxyl groups excluding tert-OH is 1. The van der Waals surface area contributed by atoms with E-state index in [4.69, 9.17) is 10.8 Å². The van der Waals surface area contributed by atoms with Crippen molar-refractivity contribution in [1.29, 1.82) is 0 Å². The van der Waals surface area contributed by atoms with Crippen molar-refractivity contribution in [3.8, 4) is 0 Å². The zero-order valence-electron chi connectivity index (χ0n) is 6.47. The first-order valence-electron chi connectivity index (χ1n) is 3.39. The standard InChI is InChI=1S/C7H7F3N2O/c8-4-5(11)3(2-13)1-12-6(4)7(9)10/h1,7,13H,2H2,(H2,11,12). The van der Waals surface area contributed by atoms with Crippen molar-refractivity contribution < 1.29 is 18.3 Å². The minimum absolute atomic E-state index is 0.00176. The number of alkyl halides is 2. The summed E-state index contributed by atoms with van der Waals surface area (Å²) in [5, 5.41) is 8.60. The predicted octanol–water partition coefficient (Wildman–Crippen LogP) is 1.23. The molecule has 1 aromatic heterocycles. The fourth-order valence-electron chi connectivity index (χ4n) is 0.831. The second-order valence-corrected chi connectivity index (χ2v) is 2.36. The Morgan fingerprint density at radius 2 is 2.15 bits per heavy atom. The number of halogens is 3. The average Bonchev–Trinajstić information content (AvgIpc) is 2.09. The molecule has 1 heterocycles. The molecule has 6 heteroatoms. The van der Waals surface area contributed by atoms with Crippen LogP contribution < -0.4 is 5.73 Å². The Hall–Kier alpha value is -1.30. The molecule has 13 heavy (non-hydrogen) atoms. The van der Waals surface area contributed by atoms with Gasteiger partial charge in [-0.25, -0.2) is 13.2 Å². The quantitative estimate of drug-likeness (QED) is 0.740. The van der Waals surface area contributed by atoms with Crippen molar-refractivity contribution in [2.75, 3.05) is 5.73 Å². The van der Waals surface area contributed by atoms with Crippen LogP contribution in [0.4, 0.5) is 18.9 Å². The molecule has 0 saturated heterocycles. The zero-order valence-corrected chi connectivity index (χ0v) is 6.47. The van der Waals surface area contributed by atoms with Crippen LogP contribution in [-0.4, -0.2) is 10.1 Å². The molecule has 1 aromatic rings. The number of rotatable bonds is 2. The summed E-state index contributed by atoms with van der Waals surface area (Å²) in [4.78, 5) is 3.14. The maximum absolute atomic E-state index is 12.9. The highest BCUT2D eigenvalue weighted by atomic mass is 19.3. The zero-order chi connectivity index (χ0) is 10.0. The molecule has 1 rings (SSSR count). The van der Waals surface area contributed by atoms with E-state index >= 15 is 0 Å². The van der Waals surface area contributed by atoms with Gasteiger partial charge in [0.1, 0.15) is 5.69 Å². The molecule has 3 N–H and O–H groups in total. The molecule has 0 aliphatic rings. The third-order valence-electron chi connectivity index (χ3n) is 1.54. The molecular weight excluding hydrogens is 185 g/mol. The molecule has 72 valence electrons. The van der Waals surface area contributed by atoms with Crippen LogP contribution in [0.3, 0.4) is 0 Å². The van der Waals surface area contributed by atoms with Crippen LogP contribution in [0.25, 0.3) is 0 Å². The number of nitrogens with two attached hydrogens (primary N) is 1. The van der Waals surface area contributed by atoms with Crippen molar-refractivity contribution in [2.24, 2.45) is 0 Å². The Balaban J connectivity index is 3.23. The predicted molar refractivity (Wildman–Crippen MR) is 39.5 cm³/mol. The smallest absolute Gasteiger partial charge is 0.283 e. The molecule has 0 saturated carbocycles.